The van der Waals surface area contributed by atoms with Crippen molar-refractivity contribution in [2.24, 2.45) is 0 Å². The lowest BCUT2D eigenvalue weighted by Gasteiger charge is -2.34. The number of para-hydroxylation sites is 1. The van der Waals surface area contributed by atoms with Crippen LogP contribution in [-0.4, -0.2) is 61.3 Å². The molecule has 6 heteroatoms. The van der Waals surface area contributed by atoms with Gasteiger partial charge in [0.25, 0.3) is 0 Å². The molecule has 0 radical (unpaired) electrons. The smallest absolute Gasteiger partial charge is 0.238 e. The van der Waals surface area contributed by atoms with Gasteiger partial charge in [-0.1, -0.05) is 24.3 Å². The number of nitrogens with one attached hydrogen (secondary N) is 1. The summed E-state index contributed by atoms with van der Waals surface area (Å²) in [6.07, 6.45) is 3.05. The molecule has 0 saturated carbocycles. The number of piperazine rings is 1. The van der Waals surface area contributed by atoms with Crippen molar-refractivity contribution in [3.8, 4) is 5.75 Å². The van der Waals surface area contributed by atoms with Crippen LogP contribution in [0, 0.1) is 0 Å². The van der Waals surface area contributed by atoms with Crippen LogP contribution in [0.25, 0.3) is 0 Å². The predicted octanol–water partition coefficient (Wildman–Crippen LogP) is 3.10. The number of benzene rings is 2. The van der Waals surface area contributed by atoms with Crippen LogP contribution in [0.15, 0.2) is 47.4 Å². The third-order valence-corrected chi connectivity index (χ3v) is 6.17. The first-order chi connectivity index (χ1) is 13.7. The van der Waals surface area contributed by atoms with Gasteiger partial charge in [0.15, 0.2) is 0 Å². The van der Waals surface area contributed by atoms with E-state index in [1.165, 1.54) is 11.1 Å². The Labute approximate surface area is 171 Å². The number of carbonyl (C=O) groups is 1. The van der Waals surface area contributed by atoms with Crippen molar-refractivity contribution < 1.29 is 9.53 Å². The van der Waals surface area contributed by atoms with Crippen molar-refractivity contribution in [2.45, 2.75) is 17.9 Å². The summed E-state index contributed by atoms with van der Waals surface area (Å²) in [6, 6.07) is 14.5. The highest BCUT2D eigenvalue weighted by atomic mass is 32.2. The average Bonchev–Trinajstić information content (AvgIpc) is 3.18. The van der Waals surface area contributed by atoms with Crippen molar-refractivity contribution in [3.63, 3.8) is 0 Å². The molecule has 2 aliphatic heterocycles. The molecule has 0 aromatic heterocycles. The molecule has 28 heavy (non-hydrogen) atoms. The monoisotopic (exact) mass is 397 g/mol. The maximum atomic E-state index is 12.4. The highest BCUT2D eigenvalue weighted by Gasteiger charge is 2.20. The zero-order valence-corrected chi connectivity index (χ0v) is 17.1. The van der Waals surface area contributed by atoms with Crippen LogP contribution < -0.4 is 10.1 Å². The Bertz CT molecular complexity index is 834. The highest BCUT2D eigenvalue weighted by Crippen LogP contribution is 2.27. The van der Waals surface area contributed by atoms with E-state index in [9.17, 15) is 4.79 Å². The molecule has 2 aliphatic rings. The zero-order chi connectivity index (χ0) is 19.3. The van der Waals surface area contributed by atoms with E-state index in [0.717, 1.165) is 62.1 Å². The van der Waals surface area contributed by atoms with E-state index < -0.39 is 0 Å². The molecule has 2 aromatic rings. The summed E-state index contributed by atoms with van der Waals surface area (Å²) in [5, 5.41) is 3.06. The minimum atomic E-state index is 0.0635. The maximum absolute atomic E-state index is 12.4. The Morgan fingerprint density at radius 3 is 2.71 bits per heavy atom. The van der Waals surface area contributed by atoms with Gasteiger partial charge in [-0.3, -0.25) is 14.6 Å². The van der Waals surface area contributed by atoms with Gasteiger partial charge in [-0.2, -0.15) is 0 Å². The van der Waals surface area contributed by atoms with Crippen LogP contribution in [0.1, 0.15) is 11.1 Å². The lowest BCUT2D eigenvalue weighted by Crippen LogP contribution is -2.48. The summed E-state index contributed by atoms with van der Waals surface area (Å²) < 4.78 is 5.59. The fourth-order valence-electron chi connectivity index (χ4n) is 3.84. The Hall–Kier alpha value is -2.02. The molecular weight excluding hydrogens is 370 g/mol. The Kier molecular flexibility index (Phi) is 6.20. The summed E-state index contributed by atoms with van der Waals surface area (Å²) in [5.41, 5.74) is 3.58. The van der Waals surface area contributed by atoms with E-state index in [1.807, 2.05) is 30.5 Å². The number of nitrogens with zero attached hydrogens (tertiary/aromatic N) is 2. The maximum Gasteiger partial charge on any atom is 0.238 e. The number of carbonyl (C=O) groups excluding carboxylic acids is 1. The SMILES string of the molecule is CSc1ccccc1NC(=O)CN1CCN(Cc2ccc3c(c2)CCO3)CC1. The number of anilines is 1. The fraction of sp³-hybridized carbons (Fsp3) is 0.409. The van der Waals surface area contributed by atoms with E-state index in [2.05, 4.69) is 33.3 Å². The minimum Gasteiger partial charge on any atom is -0.493 e. The normalized spacial score (nSPS) is 17.2. The quantitative estimate of drug-likeness (QED) is 0.759. The fourth-order valence-corrected chi connectivity index (χ4v) is 4.40. The molecule has 1 N–H and O–H groups in total. The van der Waals surface area contributed by atoms with Crippen molar-refractivity contribution in [1.82, 2.24) is 9.80 Å². The summed E-state index contributed by atoms with van der Waals surface area (Å²) in [7, 11) is 0. The molecule has 1 amide bonds. The second-order valence-corrected chi connectivity index (χ2v) is 8.19. The second-order valence-electron chi connectivity index (χ2n) is 7.34. The first-order valence-electron chi connectivity index (χ1n) is 9.83. The summed E-state index contributed by atoms with van der Waals surface area (Å²) in [5.74, 6) is 1.11. The number of fused-ring (bicyclic) bond motifs is 1. The van der Waals surface area contributed by atoms with Crippen LogP contribution in [0.4, 0.5) is 5.69 Å². The first-order valence-corrected chi connectivity index (χ1v) is 11.1. The van der Waals surface area contributed by atoms with Gasteiger partial charge in [0.1, 0.15) is 5.75 Å². The number of hydrogen-bond acceptors (Lipinski definition) is 5. The molecule has 0 spiro atoms. The van der Waals surface area contributed by atoms with E-state index in [-0.39, 0.29) is 5.91 Å². The molecule has 4 rings (SSSR count). The van der Waals surface area contributed by atoms with Gasteiger partial charge in [0.05, 0.1) is 18.8 Å². The molecular formula is C22H27N3O2S. The van der Waals surface area contributed by atoms with Crippen LogP contribution >= 0.6 is 11.8 Å². The zero-order valence-electron chi connectivity index (χ0n) is 16.3. The van der Waals surface area contributed by atoms with Crippen molar-refractivity contribution >= 4 is 23.4 Å². The average molecular weight is 398 g/mol. The molecule has 1 fully saturated rings. The number of rotatable bonds is 6. The van der Waals surface area contributed by atoms with E-state index in [4.69, 9.17) is 4.74 Å². The molecule has 0 atom stereocenters. The lowest BCUT2D eigenvalue weighted by atomic mass is 10.1. The van der Waals surface area contributed by atoms with E-state index >= 15 is 0 Å². The third-order valence-electron chi connectivity index (χ3n) is 5.37. The van der Waals surface area contributed by atoms with Gasteiger partial charge in [-0.15, -0.1) is 11.8 Å². The van der Waals surface area contributed by atoms with Gasteiger partial charge < -0.3 is 10.1 Å². The molecule has 0 aliphatic carbocycles. The largest absolute Gasteiger partial charge is 0.493 e. The lowest BCUT2D eigenvalue weighted by molar-refractivity contribution is -0.117. The van der Waals surface area contributed by atoms with Gasteiger partial charge in [-0.25, -0.2) is 0 Å². The topological polar surface area (TPSA) is 44.8 Å². The van der Waals surface area contributed by atoms with Crippen molar-refractivity contribution in [2.75, 3.05) is 50.9 Å². The Morgan fingerprint density at radius 1 is 1.11 bits per heavy atom. The summed E-state index contributed by atoms with van der Waals surface area (Å²) in [4.78, 5) is 18.2. The van der Waals surface area contributed by atoms with Crippen LogP contribution in [-0.2, 0) is 17.8 Å². The first kappa shape index (κ1) is 19.3. The Balaban J connectivity index is 1.24. The van der Waals surface area contributed by atoms with Crippen molar-refractivity contribution in [1.29, 1.82) is 0 Å². The minimum absolute atomic E-state index is 0.0635. The number of hydrogen-bond donors (Lipinski definition) is 1. The van der Waals surface area contributed by atoms with Crippen LogP contribution in [0.3, 0.4) is 0 Å². The molecule has 148 valence electrons. The summed E-state index contributed by atoms with van der Waals surface area (Å²) in [6.45, 7) is 6.05. The second kappa shape index (κ2) is 8.99. The van der Waals surface area contributed by atoms with Gasteiger partial charge in [0.2, 0.25) is 5.91 Å². The van der Waals surface area contributed by atoms with Crippen molar-refractivity contribution in [3.05, 3.63) is 53.6 Å². The van der Waals surface area contributed by atoms with E-state index in [0.29, 0.717) is 6.54 Å². The number of amides is 1. The van der Waals surface area contributed by atoms with Gasteiger partial charge >= 0.3 is 0 Å². The van der Waals surface area contributed by atoms with Gasteiger partial charge in [-0.05, 0) is 35.6 Å². The number of ether oxygens (including phenoxy) is 1. The third kappa shape index (κ3) is 4.69. The van der Waals surface area contributed by atoms with Crippen LogP contribution in [0.2, 0.25) is 0 Å². The molecule has 5 nitrogen and oxygen atoms in total. The molecule has 1 saturated heterocycles. The standard InChI is InChI=1S/C22H27N3O2S/c1-28-21-5-3-2-4-19(21)23-22(26)16-25-11-9-24(10-12-25)15-17-6-7-20-18(14-17)8-13-27-20/h2-7,14H,8-13,15-16H2,1H3,(H,23,26). The molecule has 2 heterocycles. The molecule has 2 aromatic carbocycles. The van der Waals surface area contributed by atoms with E-state index in [1.54, 1.807) is 11.8 Å². The highest BCUT2D eigenvalue weighted by molar-refractivity contribution is 7.98. The van der Waals surface area contributed by atoms with Gasteiger partial charge in [0, 0.05) is 44.0 Å². The number of thioether (sulfide) groups is 1. The molecule has 0 bridgehead atoms. The summed E-state index contributed by atoms with van der Waals surface area (Å²) >= 11 is 1.65. The Morgan fingerprint density at radius 2 is 1.89 bits per heavy atom. The molecule has 0 unspecified atom stereocenters. The predicted molar refractivity (Wildman–Crippen MR) is 114 cm³/mol. The van der Waals surface area contributed by atoms with Crippen LogP contribution in [0.5, 0.6) is 5.75 Å².